The van der Waals surface area contributed by atoms with Gasteiger partial charge in [0.1, 0.15) is 0 Å². The van der Waals surface area contributed by atoms with E-state index in [0.29, 0.717) is 5.82 Å². The molecule has 0 saturated carbocycles. The van der Waals surface area contributed by atoms with Crippen LogP contribution in [0.1, 0.15) is 5.56 Å². The Labute approximate surface area is 105 Å². The number of rotatable bonds is 1. The lowest BCUT2D eigenvalue weighted by molar-refractivity contribution is 1.12. The molecule has 0 amide bonds. The molecule has 0 saturated heterocycles. The smallest absolute Gasteiger partial charge is 0.190 e. The highest BCUT2D eigenvalue weighted by Crippen LogP contribution is 2.24. The third-order valence-electron chi connectivity index (χ3n) is 2.97. The number of para-hydroxylation sites is 2. The molecule has 18 heavy (non-hydrogen) atoms. The summed E-state index contributed by atoms with van der Waals surface area (Å²) in [4.78, 5) is 4.52. The van der Waals surface area contributed by atoms with Crippen molar-refractivity contribution in [2.45, 2.75) is 6.92 Å². The van der Waals surface area contributed by atoms with Crippen LogP contribution in [-0.2, 0) is 0 Å². The van der Waals surface area contributed by atoms with Gasteiger partial charge in [-0.05, 0) is 19.1 Å². The Balaban J connectivity index is 2.29. The summed E-state index contributed by atoms with van der Waals surface area (Å²) >= 11 is 0. The van der Waals surface area contributed by atoms with Gasteiger partial charge in [0.25, 0.3) is 0 Å². The van der Waals surface area contributed by atoms with Crippen LogP contribution in [0.4, 0.5) is 0 Å². The van der Waals surface area contributed by atoms with Crippen LogP contribution >= 0.6 is 0 Å². The summed E-state index contributed by atoms with van der Waals surface area (Å²) < 4.78 is 1.57. The number of fused-ring (bicyclic) bond motifs is 1. The van der Waals surface area contributed by atoms with E-state index in [-0.39, 0.29) is 0 Å². The van der Waals surface area contributed by atoms with E-state index >= 15 is 0 Å². The molecule has 0 radical (unpaired) electrons. The summed E-state index contributed by atoms with van der Waals surface area (Å²) in [6.07, 6.45) is 2.19. The summed E-state index contributed by atoms with van der Waals surface area (Å²) in [7, 11) is 0. The van der Waals surface area contributed by atoms with Crippen molar-refractivity contribution < 1.29 is 0 Å². The maximum atomic E-state index is 9.29. The fourth-order valence-electron chi connectivity index (χ4n) is 2.02. The van der Waals surface area contributed by atoms with Crippen molar-refractivity contribution in [2.75, 3.05) is 0 Å². The van der Waals surface area contributed by atoms with Gasteiger partial charge in [0.15, 0.2) is 12.0 Å². The van der Waals surface area contributed by atoms with Crippen molar-refractivity contribution in [3.63, 3.8) is 0 Å². The van der Waals surface area contributed by atoms with Crippen molar-refractivity contribution in [1.82, 2.24) is 9.55 Å². The van der Waals surface area contributed by atoms with E-state index in [0.717, 1.165) is 16.6 Å². The van der Waals surface area contributed by atoms with Gasteiger partial charge in [0.05, 0.1) is 11.0 Å². The Hall–Kier alpha value is -2.60. The van der Waals surface area contributed by atoms with Crippen molar-refractivity contribution >= 4 is 11.0 Å². The molecular weight excluding hydrogens is 222 g/mol. The second kappa shape index (κ2) is 4.01. The first-order valence-corrected chi connectivity index (χ1v) is 5.74. The van der Waals surface area contributed by atoms with Crippen LogP contribution < -0.4 is 0 Å². The van der Waals surface area contributed by atoms with Gasteiger partial charge in [-0.2, -0.15) is 5.26 Å². The molecule has 2 aromatic carbocycles. The minimum absolute atomic E-state index is 0.693. The average Bonchev–Trinajstić information content (AvgIpc) is 2.78. The predicted molar refractivity (Wildman–Crippen MR) is 70.9 cm³/mol. The van der Waals surface area contributed by atoms with Crippen LogP contribution in [0.3, 0.4) is 0 Å². The molecule has 0 aliphatic carbocycles. The molecule has 0 unspecified atom stereocenters. The Morgan fingerprint density at radius 2 is 1.78 bits per heavy atom. The van der Waals surface area contributed by atoms with Crippen LogP contribution in [0, 0.1) is 18.4 Å². The van der Waals surface area contributed by atoms with Crippen LogP contribution in [-0.4, -0.2) is 9.55 Å². The van der Waals surface area contributed by atoms with E-state index < -0.39 is 0 Å². The lowest BCUT2D eigenvalue weighted by Gasteiger charge is -2.00. The molecular formula is C15H11N3. The van der Waals surface area contributed by atoms with Gasteiger partial charge in [-0.3, -0.25) is 0 Å². The maximum Gasteiger partial charge on any atom is 0.190 e. The molecule has 3 aromatic rings. The Morgan fingerprint density at radius 3 is 2.50 bits per heavy atom. The number of aromatic nitrogens is 2. The van der Waals surface area contributed by atoms with Crippen LogP contribution in [0.5, 0.6) is 0 Å². The highest BCUT2D eigenvalue weighted by atomic mass is 15.1. The molecule has 0 atom stereocenters. The molecule has 1 heterocycles. The maximum absolute atomic E-state index is 9.29. The van der Waals surface area contributed by atoms with Crippen LogP contribution in [0.15, 0.2) is 48.5 Å². The van der Waals surface area contributed by atoms with Crippen molar-refractivity contribution in [2.24, 2.45) is 0 Å². The summed E-state index contributed by atoms with van der Waals surface area (Å²) in [6, 6.07) is 15.7. The molecule has 0 bridgehead atoms. The zero-order chi connectivity index (χ0) is 12.5. The third-order valence-corrected chi connectivity index (χ3v) is 2.97. The molecule has 0 spiro atoms. The van der Waals surface area contributed by atoms with Gasteiger partial charge in [0.2, 0.25) is 0 Å². The molecule has 86 valence electrons. The van der Waals surface area contributed by atoms with Gasteiger partial charge in [-0.25, -0.2) is 9.55 Å². The molecule has 0 N–H and O–H groups in total. The molecule has 1 aromatic heterocycles. The molecule has 0 aliphatic heterocycles. The van der Waals surface area contributed by atoms with Crippen molar-refractivity contribution in [3.05, 3.63) is 54.1 Å². The lowest BCUT2D eigenvalue weighted by Crippen LogP contribution is -1.92. The van der Waals surface area contributed by atoms with E-state index in [1.807, 2.05) is 55.5 Å². The third kappa shape index (κ3) is 1.56. The average molecular weight is 233 g/mol. The second-order valence-corrected chi connectivity index (χ2v) is 4.23. The number of imidazole rings is 1. The van der Waals surface area contributed by atoms with Gasteiger partial charge in [-0.15, -0.1) is 0 Å². The first-order valence-electron chi connectivity index (χ1n) is 5.74. The predicted octanol–water partition coefficient (Wildman–Crippen LogP) is 3.34. The number of aryl methyl sites for hydroxylation is 1. The zero-order valence-corrected chi connectivity index (χ0v) is 9.96. The molecule has 0 fully saturated rings. The van der Waals surface area contributed by atoms with E-state index in [2.05, 4.69) is 11.2 Å². The first-order chi connectivity index (χ1) is 8.79. The largest absolute Gasteiger partial charge is 0.228 e. The number of hydrogen-bond acceptors (Lipinski definition) is 2. The van der Waals surface area contributed by atoms with Gasteiger partial charge >= 0.3 is 0 Å². The topological polar surface area (TPSA) is 41.6 Å². The van der Waals surface area contributed by atoms with Gasteiger partial charge < -0.3 is 0 Å². The molecule has 3 heteroatoms. The minimum Gasteiger partial charge on any atom is -0.228 e. The number of nitriles is 1. The van der Waals surface area contributed by atoms with Gasteiger partial charge in [-0.1, -0.05) is 42.0 Å². The number of hydrogen-bond donors (Lipinski definition) is 0. The Morgan fingerprint density at radius 1 is 1.06 bits per heavy atom. The molecule has 3 nitrogen and oxygen atoms in total. The van der Waals surface area contributed by atoms with Crippen LogP contribution in [0.2, 0.25) is 0 Å². The number of benzene rings is 2. The van der Waals surface area contributed by atoms with E-state index in [9.17, 15) is 5.26 Å². The summed E-state index contributed by atoms with van der Waals surface area (Å²) in [6.45, 7) is 2.04. The highest BCUT2D eigenvalue weighted by molar-refractivity contribution is 5.81. The standard InChI is InChI=1S/C15H11N3/c1-11-6-8-12(9-7-11)15-17-13-4-2-3-5-14(13)18(15)10-16/h2-9H,1H3. The fourth-order valence-corrected chi connectivity index (χ4v) is 2.02. The Kier molecular flexibility index (Phi) is 2.35. The first kappa shape index (κ1) is 10.5. The van der Waals surface area contributed by atoms with E-state index in [4.69, 9.17) is 0 Å². The van der Waals surface area contributed by atoms with Crippen LogP contribution in [0.25, 0.3) is 22.4 Å². The summed E-state index contributed by atoms with van der Waals surface area (Å²) in [5.74, 6) is 0.693. The van der Waals surface area contributed by atoms with Crippen molar-refractivity contribution in [3.8, 4) is 17.6 Å². The molecule has 0 aliphatic rings. The minimum atomic E-state index is 0.693. The van der Waals surface area contributed by atoms with E-state index in [1.165, 1.54) is 5.56 Å². The SMILES string of the molecule is Cc1ccc(-c2nc3ccccc3n2C#N)cc1. The lowest BCUT2D eigenvalue weighted by atomic mass is 10.1. The normalized spacial score (nSPS) is 10.4. The fraction of sp³-hybridized carbons (Fsp3) is 0.0667. The molecule has 3 rings (SSSR count). The highest BCUT2D eigenvalue weighted by Gasteiger charge is 2.11. The number of nitrogens with zero attached hydrogens (tertiary/aromatic N) is 3. The monoisotopic (exact) mass is 233 g/mol. The van der Waals surface area contributed by atoms with E-state index in [1.54, 1.807) is 4.57 Å². The van der Waals surface area contributed by atoms with Crippen molar-refractivity contribution in [1.29, 1.82) is 5.26 Å². The summed E-state index contributed by atoms with van der Waals surface area (Å²) in [5.41, 5.74) is 3.84. The quantitative estimate of drug-likeness (QED) is 0.646. The zero-order valence-electron chi connectivity index (χ0n) is 9.96. The van der Waals surface area contributed by atoms with Gasteiger partial charge in [0, 0.05) is 5.56 Å². The second-order valence-electron chi connectivity index (χ2n) is 4.23. The summed E-state index contributed by atoms with van der Waals surface area (Å²) in [5, 5.41) is 9.29. The Bertz CT molecular complexity index is 745.